The average molecular weight is 282 g/mol. The van der Waals surface area contributed by atoms with Crippen LogP contribution in [0.2, 0.25) is 0 Å². The number of piperidine rings is 1. The van der Waals surface area contributed by atoms with Crippen LogP contribution in [0, 0.1) is 5.92 Å². The number of nitrogens with one attached hydrogen (secondary N) is 1. The van der Waals surface area contributed by atoms with Crippen molar-refractivity contribution in [3.05, 3.63) is 0 Å². The van der Waals surface area contributed by atoms with Gasteiger partial charge in [0.2, 0.25) is 0 Å². The first-order chi connectivity index (χ1) is 9.35. The van der Waals surface area contributed by atoms with Crippen LogP contribution in [0.5, 0.6) is 0 Å². The summed E-state index contributed by atoms with van der Waals surface area (Å²) in [6.07, 6.45) is 5.81. The van der Waals surface area contributed by atoms with Crippen LogP contribution < -0.4 is 5.32 Å². The van der Waals surface area contributed by atoms with E-state index in [0.717, 1.165) is 31.8 Å². The van der Waals surface area contributed by atoms with Gasteiger partial charge in [-0.3, -0.25) is 0 Å². The molecule has 0 spiro atoms. The first kappa shape index (κ1) is 15.6. The maximum Gasteiger partial charge on any atom is 0.410 e. The highest BCUT2D eigenvalue weighted by Crippen LogP contribution is 2.27. The first-order valence-corrected chi connectivity index (χ1v) is 8.08. The minimum atomic E-state index is -0.407. The molecule has 4 nitrogen and oxygen atoms in total. The largest absolute Gasteiger partial charge is 0.444 e. The van der Waals surface area contributed by atoms with Gasteiger partial charge in [0.25, 0.3) is 0 Å². The molecular weight excluding hydrogens is 252 g/mol. The van der Waals surface area contributed by atoms with Crippen LogP contribution in [0.1, 0.15) is 59.8 Å². The van der Waals surface area contributed by atoms with Gasteiger partial charge in [0.15, 0.2) is 0 Å². The Morgan fingerprint density at radius 1 is 1.30 bits per heavy atom. The molecule has 1 saturated heterocycles. The third-order valence-electron chi connectivity index (χ3n) is 4.27. The van der Waals surface area contributed by atoms with Crippen molar-refractivity contribution in [1.82, 2.24) is 10.2 Å². The molecule has 1 unspecified atom stereocenters. The highest BCUT2D eigenvalue weighted by atomic mass is 16.6. The summed E-state index contributed by atoms with van der Waals surface area (Å²) in [6.45, 7) is 9.83. The number of nitrogens with zero attached hydrogens (tertiary/aromatic N) is 1. The zero-order valence-corrected chi connectivity index (χ0v) is 13.4. The Hall–Kier alpha value is -0.770. The molecule has 0 aromatic rings. The molecule has 0 aromatic heterocycles. The van der Waals surface area contributed by atoms with E-state index in [1.807, 2.05) is 25.7 Å². The summed E-state index contributed by atoms with van der Waals surface area (Å²) in [4.78, 5) is 14.2. The number of carbonyl (C=O) groups is 1. The van der Waals surface area contributed by atoms with Crippen molar-refractivity contribution in [3.63, 3.8) is 0 Å². The molecule has 1 N–H and O–H groups in total. The van der Waals surface area contributed by atoms with E-state index in [0.29, 0.717) is 12.1 Å². The Balaban J connectivity index is 1.83. The lowest BCUT2D eigenvalue weighted by Crippen LogP contribution is -2.52. The van der Waals surface area contributed by atoms with E-state index < -0.39 is 5.60 Å². The minimum Gasteiger partial charge on any atom is -0.444 e. The van der Waals surface area contributed by atoms with Crippen molar-refractivity contribution in [3.8, 4) is 0 Å². The molecule has 1 heterocycles. The molecule has 1 atom stereocenters. The van der Waals surface area contributed by atoms with E-state index in [9.17, 15) is 4.79 Å². The average Bonchev–Trinajstić information content (AvgIpc) is 2.31. The third-order valence-corrected chi connectivity index (χ3v) is 4.27. The number of ether oxygens (including phenoxy) is 1. The molecule has 1 saturated carbocycles. The number of carbonyl (C=O) groups excluding carboxylic acids is 1. The van der Waals surface area contributed by atoms with Crippen molar-refractivity contribution in [1.29, 1.82) is 0 Å². The second-order valence-corrected chi connectivity index (χ2v) is 7.51. The van der Waals surface area contributed by atoms with Gasteiger partial charge in [-0.2, -0.15) is 0 Å². The molecule has 116 valence electrons. The van der Waals surface area contributed by atoms with Crippen LogP contribution in [0.4, 0.5) is 4.79 Å². The van der Waals surface area contributed by atoms with Crippen LogP contribution in [0.3, 0.4) is 0 Å². The van der Waals surface area contributed by atoms with E-state index in [1.165, 1.54) is 19.3 Å². The van der Waals surface area contributed by atoms with Gasteiger partial charge in [-0.05, 0) is 58.8 Å². The van der Waals surface area contributed by atoms with Crippen molar-refractivity contribution in [2.24, 2.45) is 5.92 Å². The van der Waals surface area contributed by atoms with Crippen molar-refractivity contribution >= 4 is 6.09 Å². The van der Waals surface area contributed by atoms with Crippen LogP contribution in [0.25, 0.3) is 0 Å². The zero-order valence-electron chi connectivity index (χ0n) is 13.4. The lowest BCUT2D eigenvalue weighted by Gasteiger charge is -2.39. The van der Waals surface area contributed by atoms with Crippen LogP contribution >= 0.6 is 0 Å². The second-order valence-electron chi connectivity index (χ2n) is 7.51. The number of hydrogen-bond donors (Lipinski definition) is 1. The third kappa shape index (κ3) is 4.37. The Kier molecular flexibility index (Phi) is 4.95. The Morgan fingerprint density at radius 2 is 2.00 bits per heavy atom. The van der Waals surface area contributed by atoms with Crippen LogP contribution in [-0.2, 0) is 4.74 Å². The van der Waals surface area contributed by atoms with E-state index in [4.69, 9.17) is 4.74 Å². The van der Waals surface area contributed by atoms with Crippen molar-refractivity contribution in [2.45, 2.75) is 77.5 Å². The first-order valence-electron chi connectivity index (χ1n) is 8.08. The summed E-state index contributed by atoms with van der Waals surface area (Å²) in [5.74, 6) is 0.862. The lowest BCUT2D eigenvalue weighted by atomic mass is 9.82. The Bertz CT molecular complexity index is 332. The SMILES string of the molecule is CC1CC(NCC2CCCCN2C(=O)OC(C)(C)C)C1. The molecule has 2 fully saturated rings. The monoisotopic (exact) mass is 282 g/mol. The zero-order chi connectivity index (χ0) is 14.8. The second kappa shape index (κ2) is 6.33. The molecule has 2 rings (SSSR count). The molecular formula is C16H30N2O2. The molecule has 1 aliphatic carbocycles. The van der Waals surface area contributed by atoms with Gasteiger partial charge in [-0.15, -0.1) is 0 Å². The molecule has 20 heavy (non-hydrogen) atoms. The molecule has 2 aliphatic rings. The lowest BCUT2D eigenvalue weighted by molar-refractivity contribution is 0.00907. The number of likely N-dealkylation sites (tertiary alicyclic amines) is 1. The van der Waals surface area contributed by atoms with Gasteiger partial charge in [0.05, 0.1) is 0 Å². The highest BCUT2D eigenvalue weighted by molar-refractivity contribution is 5.68. The summed E-state index contributed by atoms with van der Waals surface area (Å²) in [7, 11) is 0. The Morgan fingerprint density at radius 3 is 2.60 bits per heavy atom. The summed E-state index contributed by atoms with van der Waals surface area (Å²) in [6, 6.07) is 0.960. The van der Waals surface area contributed by atoms with E-state index in [-0.39, 0.29) is 6.09 Å². The Labute approximate surface area is 123 Å². The quantitative estimate of drug-likeness (QED) is 0.864. The molecule has 4 heteroatoms. The topological polar surface area (TPSA) is 41.6 Å². The predicted molar refractivity (Wildman–Crippen MR) is 80.8 cm³/mol. The fourth-order valence-electron chi connectivity index (χ4n) is 3.15. The summed E-state index contributed by atoms with van der Waals surface area (Å²) in [5, 5.41) is 3.62. The van der Waals surface area contributed by atoms with Gasteiger partial charge in [0, 0.05) is 25.2 Å². The molecule has 1 amide bonds. The van der Waals surface area contributed by atoms with E-state index in [2.05, 4.69) is 12.2 Å². The van der Waals surface area contributed by atoms with Gasteiger partial charge in [0.1, 0.15) is 5.60 Å². The maximum absolute atomic E-state index is 12.3. The molecule has 0 radical (unpaired) electrons. The molecule has 0 aromatic carbocycles. The van der Waals surface area contributed by atoms with E-state index >= 15 is 0 Å². The predicted octanol–water partition coefficient (Wildman–Crippen LogP) is 3.16. The molecule has 0 bridgehead atoms. The van der Waals surface area contributed by atoms with Gasteiger partial charge >= 0.3 is 6.09 Å². The number of rotatable bonds is 3. The standard InChI is InChI=1S/C16H30N2O2/c1-12-9-13(10-12)17-11-14-7-5-6-8-18(14)15(19)20-16(2,3)4/h12-14,17H,5-11H2,1-4H3. The van der Waals surface area contributed by atoms with Crippen molar-refractivity contribution in [2.75, 3.05) is 13.1 Å². The smallest absolute Gasteiger partial charge is 0.410 e. The minimum absolute atomic E-state index is 0.147. The van der Waals surface area contributed by atoms with Gasteiger partial charge in [-0.25, -0.2) is 4.79 Å². The number of amides is 1. The van der Waals surface area contributed by atoms with E-state index in [1.54, 1.807) is 0 Å². The number of hydrogen-bond acceptors (Lipinski definition) is 3. The summed E-state index contributed by atoms with van der Waals surface area (Å²) in [5.41, 5.74) is -0.407. The fraction of sp³-hybridized carbons (Fsp3) is 0.938. The van der Waals surface area contributed by atoms with Gasteiger partial charge in [-0.1, -0.05) is 6.92 Å². The normalized spacial score (nSPS) is 30.8. The summed E-state index contributed by atoms with van der Waals surface area (Å²) < 4.78 is 5.53. The van der Waals surface area contributed by atoms with Crippen molar-refractivity contribution < 1.29 is 9.53 Å². The van der Waals surface area contributed by atoms with Crippen LogP contribution in [0.15, 0.2) is 0 Å². The van der Waals surface area contributed by atoms with Gasteiger partial charge < -0.3 is 15.0 Å². The summed E-state index contributed by atoms with van der Waals surface area (Å²) >= 11 is 0. The fourth-order valence-corrected chi connectivity index (χ4v) is 3.15. The highest BCUT2D eigenvalue weighted by Gasteiger charge is 2.32. The molecule has 1 aliphatic heterocycles. The maximum atomic E-state index is 12.3. The van der Waals surface area contributed by atoms with Crippen LogP contribution in [-0.4, -0.2) is 41.8 Å².